The Morgan fingerprint density at radius 1 is 1.40 bits per heavy atom. The minimum Gasteiger partial charge on any atom is -0.396 e. The SMILES string of the molecule is CCNc1cc(N(CCCO)C(C)C)cc([N+](=O)[O-])c1. The van der Waals surface area contributed by atoms with Gasteiger partial charge in [-0.2, -0.15) is 0 Å². The zero-order valence-corrected chi connectivity index (χ0v) is 12.3. The zero-order valence-electron chi connectivity index (χ0n) is 12.3. The molecule has 0 spiro atoms. The first-order valence-corrected chi connectivity index (χ1v) is 6.90. The number of nitro benzene ring substituents is 1. The molecule has 2 N–H and O–H groups in total. The first-order chi connectivity index (χ1) is 9.49. The topological polar surface area (TPSA) is 78.6 Å². The second kappa shape index (κ2) is 7.69. The van der Waals surface area contributed by atoms with Crippen LogP contribution in [0, 0.1) is 10.1 Å². The van der Waals surface area contributed by atoms with E-state index in [1.165, 1.54) is 6.07 Å². The smallest absolute Gasteiger partial charge is 0.273 e. The summed E-state index contributed by atoms with van der Waals surface area (Å²) < 4.78 is 0. The van der Waals surface area contributed by atoms with Crippen LogP contribution in [0.3, 0.4) is 0 Å². The van der Waals surface area contributed by atoms with Crippen molar-refractivity contribution in [1.29, 1.82) is 0 Å². The van der Waals surface area contributed by atoms with Crippen molar-refractivity contribution in [2.75, 3.05) is 29.9 Å². The third-order valence-electron chi connectivity index (χ3n) is 3.01. The number of nitro groups is 1. The fourth-order valence-electron chi connectivity index (χ4n) is 2.10. The molecule has 20 heavy (non-hydrogen) atoms. The van der Waals surface area contributed by atoms with Gasteiger partial charge in [-0.1, -0.05) is 0 Å². The summed E-state index contributed by atoms with van der Waals surface area (Å²) in [6.07, 6.45) is 0.636. The molecule has 0 aliphatic heterocycles. The molecule has 0 unspecified atom stereocenters. The van der Waals surface area contributed by atoms with Crippen molar-refractivity contribution in [2.45, 2.75) is 33.2 Å². The molecule has 0 aromatic heterocycles. The Balaban J connectivity index is 3.14. The lowest BCUT2D eigenvalue weighted by molar-refractivity contribution is -0.384. The molecule has 0 radical (unpaired) electrons. The largest absolute Gasteiger partial charge is 0.396 e. The van der Waals surface area contributed by atoms with Crippen molar-refractivity contribution in [1.82, 2.24) is 0 Å². The number of anilines is 2. The number of rotatable bonds is 8. The van der Waals surface area contributed by atoms with Gasteiger partial charge in [0, 0.05) is 49.2 Å². The van der Waals surface area contributed by atoms with Crippen LogP contribution in [0.4, 0.5) is 17.1 Å². The van der Waals surface area contributed by atoms with E-state index in [1.807, 2.05) is 26.8 Å². The highest BCUT2D eigenvalue weighted by Crippen LogP contribution is 2.28. The van der Waals surface area contributed by atoms with Crippen LogP contribution >= 0.6 is 0 Å². The summed E-state index contributed by atoms with van der Waals surface area (Å²) in [5.41, 5.74) is 1.62. The van der Waals surface area contributed by atoms with Gasteiger partial charge in [0.2, 0.25) is 0 Å². The molecule has 0 atom stereocenters. The molecule has 112 valence electrons. The van der Waals surface area contributed by atoms with E-state index < -0.39 is 0 Å². The number of aliphatic hydroxyl groups is 1. The molecule has 0 aliphatic carbocycles. The summed E-state index contributed by atoms with van der Waals surface area (Å²) in [4.78, 5) is 12.7. The lowest BCUT2D eigenvalue weighted by Crippen LogP contribution is -2.32. The van der Waals surface area contributed by atoms with Crippen LogP contribution < -0.4 is 10.2 Å². The third-order valence-corrected chi connectivity index (χ3v) is 3.01. The predicted octanol–water partition coefficient (Wildman–Crippen LogP) is 2.62. The first-order valence-electron chi connectivity index (χ1n) is 6.90. The van der Waals surface area contributed by atoms with Crippen molar-refractivity contribution < 1.29 is 10.0 Å². The monoisotopic (exact) mass is 281 g/mol. The van der Waals surface area contributed by atoms with Crippen molar-refractivity contribution >= 4 is 17.1 Å². The molecular weight excluding hydrogens is 258 g/mol. The van der Waals surface area contributed by atoms with Gasteiger partial charge in [0.1, 0.15) is 0 Å². The van der Waals surface area contributed by atoms with Crippen LogP contribution in [0.1, 0.15) is 27.2 Å². The minimum atomic E-state index is -0.380. The molecule has 0 heterocycles. The molecular formula is C14H23N3O3. The van der Waals surface area contributed by atoms with Gasteiger partial charge in [-0.25, -0.2) is 0 Å². The second-order valence-corrected chi connectivity index (χ2v) is 4.89. The van der Waals surface area contributed by atoms with Crippen LogP contribution in [0.5, 0.6) is 0 Å². The van der Waals surface area contributed by atoms with E-state index in [4.69, 9.17) is 5.11 Å². The Morgan fingerprint density at radius 2 is 2.10 bits per heavy atom. The Hall–Kier alpha value is -1.82. The van der Waals surface area contributed by atoms with Crippen molar-refractivity contribution in [2.24, 2.45) is 0 Å². The van der Waals surface area contributed by atoms with Crippen LogP contribution in [-0.2, 0) is 0 Å². The number of non-ortho nitro benzene ring substituents is 1. The maximum absolute atomic E-state index is 11.0. The van der Waals surface area contributed by atoms with Gasteiger partial charge in [0.15, 0.2) is 0 Å². The highest BCUT2D eigenvalue weighted by atomic mass is 16.6. The number of hydrogen-bond acceptors (Lipinski definition) is 5. The summed E-state index contributed by atoms with van der Waals surface area (Å²) >= 11 is 0. The maximum atomic E-state index is 11.0. The average molecular weight is 281 g/mol. The van der Waals surface area contributed by atoms with E-state index >= 15 is 0 Å². The molecule has 1 aromatic rings. The lowest BCUT2D eigenvalue weighted by Gasteiger charge is -2.29. The van der Waals surface area contributed by atoms with Gasteiger partial charge in [-0.15, -0.1) is 0 Å². The molecule has 0 fully saturated rings. The summed E-state index contributed by atoms with van der Waals surface area (Å²) in [7, 11) is 0. The normalized spacial score (nSPS) is 10.7. The van der Waals surface area contributed by atoms with Gasteiger partial charge in [0.05, 0.1) is 4.92 Å². The van der Waals surface area contributed by atoms with E-state index in [0.717, 1.165) is 11.4 Å². The fraction of sp³-hybridized carbons (Fsp3) is 0.571. The number of benzene rings is 1. The van der Waals surface area contributed by atoms with E-state index in [9.17, 15) is 10.1 Å². The first kappa shape index (κ1) is 16.2. The number of hydrogen-bond donors (Lipinski definition) is 2. The average Bonchev–Trinajstić information content (AvgIpc) is 2.39. The molecule has 0 bridgehead atoms. The maximum Gasteiger partial charge on any atom is 0.273 e. The zero-order chi connectivity index (χ0) is 15.1. The second-order valence-electron chi connectivity index (χ2n) is 4.89. The van der Waals surface area contributed by atoms with Crippen LogP contribution in [0.15, 0.2) is 18.2 Å². The van der Waals surface area contributed by atoms with Gasteiger partial charge in [0.25, 0.3) is 5.69 Å². The highest BCUT2D eigenvalue weighted by Gasteiger charge is 2.16. The van der Waals surface area contributed by atoms with Crippen LogP contribution in [-0.4, -0.2) is 35.8 Å². The number of nitrogens with one attached hydrogen (secondary N) is 1. The van der Waals surface area contributed by atoms with Crippen molar-refractivity contribution in [3.8, 4) is 0 Å². The van der Waals surface area contributed by atoms with Gasteiger partial charge >= 0.3 is 0 Å². The molecule has 1 rings (SSSR count). The van der Waals surface area contributed by atoms with E-state index in [-0.39, 0.29) is 23.3 Å². The number of aliphatic hydroxyl groups excluding tert-OH is 1. The van der Waals surface area contributed by atoms with E-state index in [0.29, 0.717) is 19.5 Å². The lowest BCUT2D eigenvalue weighted by atomic mass is 10.2. The molecule has 0 amide bonds. The van der Waals surface area contributed by atoms with Crippen LogP contribution in [0.25, 0.3) is 0 Å². The van der Waals surface area contributed by atoms with E-state index in [1.54, 1.807) is 6.07 Å². The predicted molar refractivity (Wildman–Crippen MR) is 81.4 cm³/mol. The Kier molecular flexibility index (Phi) is 6.24. The Labute approximate surface area is 119 Å². The molecule has 6 nitrogen and oxygen atoms in total. The summed E-state index contributed by atoms with van der Waals surface area (Å²) in [5.74, 6) is 0. The summed E-state index contributed by atoms with van der Waals surface area (Å²) in [5, 5.41) is 23.1. The molecule has 0 saturated carbocycles. The quantitative estimate of drug-likeness (QED) is 0.565. The molecule has 1 aromatic carbocycles. The van der Waals surface area contributed by atoms with Crippen molar-refractivity contribution in [3.63, 3.8) is 0 Å². The minimum absolute atomic E-state index is 0.0769. The summed E-state index contributed by atoms with van der Waals surface area (Å²) in [6, 6.07) is 5.24. The Bertz CT molecular complexity index is 449. The van der Waals surface area contributed by atoms with Gasteiger partial charge in [-0.3, -0.25) is 10.1 Å². The van der Waals surface area contributed by atoms with Crippen molar-refractivity contribution in [3.05, 3.63) is 28.3 Å². The highest BCUT2D eigenvalue weighted by molar-refractivity contribution is 5.64. The van der Waals surface area contributed by atoms with E-state index in [2.05, 4.69) is 10.2 Å². The number of nitrogens with zero attached hydrogens (tertiary/aromatic N) is 2. The Morgan fingerprint density at radius 3 is 2.60 bits per heavy atom. The van der Waals surface area contributed by atoms with Gasteiger partial charge in [-0.05, 0) is 33.3 Å². The summed E-state index contributed by atoms with van der Waals surface area (Å²) in [6.45, 7) is 7.49. The fourth-order valence-corrected chi connectivity index (χ4v) is 2.10. The molecule has 0 aliphatic rings. The molecule has 6 heteroatoms. The standard InChI is InChI=1S/C14H23N3O3/c1-4-15-12-8-13(10-14(9-12)17(19)20)16(11(2)3)6-5-7-18/h8-11,15,18H,4-7H2,1-3H3. The van der Waals surface area contributed by atoms with Crippen LogP contribution in [0.2, 0.25) is 0 Å². The third kappa shape index (κ3) is 4.38. The molecule has 0 saturated heterocycles. The van der Waals surface area contributed by atoms with Gasteiger partial charge < -0.3 is 15.3 Å².